The maximum Gasteiger partial charge on any atom is 0.257 e. The molecule has 1 amide bonds. The molecule has 3 rings (SSSR count). The van der Waals surface area contributed by atoms with E-state index in [0.717, 1.165) is 18.2 Å². The number of amides is 1. The van der Waals surface area contributed by atoms with Crippen molar-refractivity contribution < 1.29 is 18.0 Å². The fraction of sp³-hybridized carbons (Fsp3) is 0.0526. The predicted molar refractivity (Wildman–Crippen MR) is 90.5 cm³/mol. The molecule has 1 aromatic heterocycles. The second kappa shape index (κ2) is 7.26. The SMILES string of the molecule is O=C(Nc1ccc(F)cc1F)c1ccc(=O)n(Cc2ccccc2F)c1. The van der Waals surface area contributed by atoms with Crippen molar-refractivity contribution in [2.75, 3.05) is 5.32 Å². The Hall–Kier alpha value is -3.35. The van der Waals surface area contributed by atoms with Crippen LogP contribution in [0.5, 0.6) is 0 Å². The Balaban J connectivity index is 1.86. The molecule has 0 saturated carbocycles. The number of carbonyl (C=O) groups excluding carboxylic acids is 1. The van der Waals surface area contributed by atoms with Crippen LogP contribution in [0.1, 0.15) is 15.9 Å². The average Bonchev–Trinajstić information content (AvgIpc) is 2.61. The highest BCUT2D eigenvalue weighted by atomic mass is 19.1. The largest absolute Gasteiger partial charge is 0.319 e. The van der Waals surface area contributed by atoms with Gasteiger partial charge in [0.25, 0.3) is 11.5 Å². The third-order valence-electron chi connectivity index (χ3n) is 3.72. The zero-order chi connectivity index (χ0) is 18.7. The molecule has 0 unspecified atom stereocenters. The van der Waals surface area contributed by atoms with Crippen LogP contribution in [-0.4, -0.2) is 10.5 Å². The van der Waals surface area contributed by atoms with Crippen molar-refractivity contribution >= 4 is 11.6 Å². The first-order valence-electron chi connectivity index (χ1n) is 7.64. The first-order valence-corrected chi connectivity index (χ1v) is 7.64. The molecule has 26 heavy (non-hydrogen) atoms. The molecule has 1 heterocycles. The molecule has 0 aliphatic heterocycles. The third-order valence-corrected chi connectivity index (χ3v) is 3.72. The summed E-state index contributed by atoms with van der Waals surface area (Å²) in [6, 6.07) is 11.2. The number of hydrogen-bond acceptors (Lipinski definition) is 2. The number of halogens is 3. The van der Waals surface area contributed by atoms with Gasteiger partial charge in [0.1, 0.15) is 17.5 Å². The van der Waals surface area contributed by atoms with Gasteiger partial charge in [-0.25, -0.2) is 13.2 Å². The highest BCUT2D eigenvalue weighted by molar-refractivity contribution is 6.04. The molecule has 0 fully saturated rings. The van der Waals surface area contributed by atoms with Gasteiger partial charge >= 0.3 is 0 Å². The molecule has 0 aliphatic rings. The molecule has 3 aromatic rings. The highest BCUT2D eigenvalue weighted by Gasteiger charge is 2.12. The van der Waals surface area contributed by atoms with Crippen LogP contribution in [0.25, 0.3) is 0 Å². The van der Waals surface area contributed by atoms with Crippen LogP contribution in [0.2, 0.25) is 0 Å². The van der Waals surface area contributed by atoms with E-state index in [1.54, 1.807) is 6.07 Å². The summed E-state index contributed by atoms with van der Waals surface area (Å²) in [5, 5.41) is 2.31. The second-order valence-corrected chi connectivity index (χ2v) is 5.55. The quantitative estimate of drug-likeness (QED) is 0.775. The summed E-state index contributed by atoms with van der Waals surface area (Å²) in [6.45, 7) is -0.0580. The molecule has 0 radical (unpaired) electrons. The van der Waals surface area contributed by atoms with Crippen molar-refractivity contribution in [2.24, 2.45) is 0 Å². The van der Waals surface area contributed by atoms with Gasteiger partial charge in [-0.3, -0.25) is 9.59 Å². The summed E-state index contributed by atoms with van der Waals surface area (Å²) in [4.78, 5) is 24.2. The van der Waals surface area contributed by atoms with E-state index >= 15 is 0 Å². The molecule has 0 spiro atoms. The summed E-state index contributed by atoms with van der Waals surface area (Å²) in [5.74, 6) is -2.84. The molecule has 0 bridgehead atoms. The monoisotopic (exact) mass is 358 g/mol. The molecule has 0 aliphatic carbocycles. The minimum Gasteiger partial charge on any atom is -0.319 e. The minimum atomic E-state index is -0.918. The number of nitrogens with one attached hydrogen (secondary N) is 1. The van der Waals surface area contributed by atoms with Crippen LogP contribution in [-0.2, 0) is 6.54 Å². The van der Waals surface area contributed by atoms with Gasteiger partial charge in [0, 0.05) is 23.9 Å². The molecule has 0 atom stereocenters. The topological polar surface area (TPSA) is 51.1 Å². The maximum atomic E-state index is 13.8. The number of pyridine rings is 1. The summed E-state index contributed by atoms with van der Waals surface area (Å²) in [5.41, 5.74) is -0.248. The molecular weight excluding hydrogens is 345 g/mol. The zero-order valence-electron chi connectivity index (χ0n) is 13.4. The first-order chi connectivity index (χ1) is 12.4. The summed E-state index contributed by atoms with van der Waals surface area (Å²) in [6.07, 6.45) is 1.26. The van der Waals surface area contributed by atoms with Crippen LogP contribution in [0.3, 0.4) is 0 Å². The third kappa shape index (κ3) is 3.83. The second-order valence-electron chi connectivity index (χ2n) is 5.55. The lowest BCUT2D eigenvalue weighted by molar-refractivity contribution is 0.102. The van der Waals surface area contributed by atoms with Gasteiger partial charge < -0.3 is 9.88 Å². The van der Waals surface area contributed by atoms with Crippen LogP contribution in [0.15, 0.2) is 65.6 Å². The number of nitrogens with zero attached hydrogens (tertiary/aromatic N) is 1. The van der Waals surface area contributed by atoms with Crippen LogP contribution in [0.4, 0.5) is 18.9 Å². The summed E-state index contributed by atoms with van der Waals surface area (Å²) in [7, 11) is 0. The average molecular weight is 358 g/mol. The fourth-order valence-corrected chi connectivity index (χ4v) is 2.38. The minimum absolute atomic E-state index is 0.0580. The van der Waals surface area contributed by atoms with Gasteiger partial charge in [0.15, 0.2) is 0 Å². The maximum absolute atomic E-state index is 13.8. The first kappa shape index (κ1) is 17.5. The molecule has 0 saturated heterocycles. The number of hydrogen-bond donors (Lipinski definition) is 1. The zero-order valence-corrected chi connectivity index (χ0v) is 13.4. The Kier molecular flexibility index (Phi) is 4.88. The van der Waals surface area contributed by atoms with E-state index in [0.29, 0.717) is 6.07 Å². The van der Waals surface area contributed by atoms with Crippen LogP contribution in [0, 0.1) is 17.5 Å². The van der Waals surface area contributed by atoms with E-state index in [9.17, 15) is 22.8 Å². The Morgan fingerprint density at radius 3 is 2.46 bits per heavy atom. The number of carbonyl (C=O) groups is 1. The van der Waals surface area contributed by atoms with Gasteiger partial charge in [0.2, 0.25) is 0 Å². The van der Waals surface area contributed by atoms with E-state index in [1.807, 2.05) is 0 Å². The van der Waals surface area contributed by atoms with Gasteiger partial charge in [-0.1, -0.05) is 18.2 Å². The molecule has 2 aromatic carbocycles. The predicted octanol–water partition coefficient (Wildman–Crippen LogP) is 3.57. The van der Waals surface area contributed by atoms with E-state index < -0.39 is 28.9 Å². The molecule has 132 valence electrons. The molecule has 7 heteroatoms. The van der Waals surface area contributed by atoms with E-state index in [1.165, 1.54) is 35.0 Å². The standard InChI is InChI=1S/C19H13F3N2O2/c20-14-6-7-17(16(22)9-14)23-19(26)13-5-8-18(25)24(11-13)10-12-3-1-2-4-15(12)21/h1-9,11H,10H2,(H,23,26). The van der Waals surface area contributed by atoms with Gasteiger partial charge in [-0.05, 0) is 24.3 Å². The van der Waals surface area contributed by atoms with Gasteiger partial charge in [-0.15, -0.1) is 0 Å². The lowest BCUT2D eigenvalue weighted by Crippen LogP contribution is -2.23. The highest BCUT2D eigenvalue weighted by Crippen LogP contribution is 2.16. The van der Waals surface area contributed by atoms with Crippen molar-refractivity contribution in [3.63, 3.8) is 0 Å². The van der Waals surface area contributed by atoms with Crippen molar-refractivity contribution in [1.82, 2.24) is 4.57 Å². The van der Waals surface area contributed by atoms with Crippen LogP contribution < -0.4 is 10.9 Å². The van der Waals surface area contributed by atoms with Crippen molar-refractivity contribution in [3.8, 4) is 0 Å². The van der Waals surface area contributed by atoms with E-state index in [4.69, 9.17) is 0 Å². The Labute approximate surface area is 146 Å². The fourth-order valence-electron chi connectivity index (χ4n) is 2.38. The normalized spacial score (nSPS) is 10.6. The Morgan fingerprint density at radius 1 is 0.962 bits per heavy atom. The number of rotatable bonds is 4. The number of anilines is 1. The van der Waals surface area contributed by atoms with Crippen LogP contribution >= 0.6 is 0 Å². The smallest absolute Gasteiger partial charge is 0.257 e. The summed E-state index contributed by atoms with van der Waals surface area (Å²) >= 11 is 0. The van der Waals surface area contributed by atoms with E-state index in [-0.39, 0.29) is 23.4 Å². The lowest BCUT2D eigenvalue weighted by Gasteiger charge is -2.10. The van der Waals surface area contributed by atoms with Gasteiger partial charge in [-0.2, -0.15) is 0 Å². The molecule has 4 nitrogen and oxygen atoms in total. The number of benzene rings is 2. The summed E-state index contributed by atoms with van der Waals surface area (Å²) < 4.78 is 41.5. The van der Waals surface area contributed by atoms with Crippen molar-refractivity contribution in [3.05, 3.63) is 99.7 Å². The van der Waals surface area contributed by atoms with Crippen molar-refractivity contribution in [1.29, 1.82) is 0 Å². The Morgan fingerprint density at radius 2 is 1.73 bits per heavy atom. The van der Waals surface area contributed by atoms with Crippen molar-refractivity contribution in [2.45, 2.75) is 6.54 Å². The van der Waals surface area contributed by atoms with E-state index in [2.05, 4.69) is 5.32 Å². The Bertz CT molecular complexity index is 1030. The molecule has 1 N–H and O–H groups in total. The van der Waals surface area contributed by atoms with Gasteiger partial charge in [0.05, 0.1) is 17.8 Å². The lowest BCUT2D eigenvalue weighted by atomic mass is 10.2. The molecular formula is C19H13F3N2O2. The number of aromatic nitrogens is 1.